The fourth-order valence-corrected chi connectivity index (χ4v) is 6.73. The maximum Gasteiger partial charge on any atom is 0.333 e. The van der Waals surface area contributed by atoms with Crippen LogP contribution in [0.3, 0.4) is 0 Å². The zero-order valence-electron chi connectivity index (χ0n) is 25.0. The summed E-state index contributed by atoms with van der Waals surface area (Å²) in [5, 5.41) is 0. The molecule has 0 bridgehead atoms. The van der Waals surface area contributed by atoms with Crippen LogP contribution in [0.5, 0.6) is 0 Å². The molecule has 0 aromatic heterocycles. The minimum absolute atomic E-state index is 0.308. The Balaban J connectivity index is 1.09. The van der Waals surface area contributed by atoms with Gasteiger partial charge in [-0.05, 0) is 104 Å². The van der Waals surface area contributed by atoms with Crippen molar-refractivity contribution >= 4 is 11.9 Å². The zero-order chi connectivity index (χ0) is 29.0. The number of rotatable bonds is 13. The van der Waals surface area contributed by atoms with Crippen molar-refractivity contribution in [3.05, 3.63) is 95.6 Å². The van der Waals surface area contributed by atoms with E-state index in [1.807, 2.05) is 0 Å². The molecule has 2 fully saturated rings. The summed E-state index contributed by atoms with van der Waals surface area (Å²) < 4.78 is 10.4. The third-order valence-electron chi connectivity index (χ3n) is 9.44. The molecule has 0 heterocycles. The number of esters is 2. The Kier molecular flexibility index (Phi) is 11.8. The van der Waals surface area contributed by atoms with E-state index in [0.29, 0.717) is 18.8 Å². The van der Waals surface area contributed by atoms with Gasteiger partial charge in [0, 0.05) is 11.6 Å². The lowest BCUT2D eigenvalue weighted by Gasteiger charge is -2.38. The fourth-order valence-electron chi connectivity index (χ4n) is 6.73. The first kappa shape index (κ1) is 30.8. The van der Waals surface area contributed by atoms with Crippen molar-refractivity contribution in [2.45, 2.75) is 97.2 Å². The summed E-state index contributed by atoms with van der Waals surface area (Å²) in [6, 6.07) is 17.0. The Bertz CT molecular complexity index is 1130. The number of carbonyl (C=O) groups excluding carboxylic acids is 2. The molecule has 4 rings (SSSR count). The predicted octanol–water partition coefficient (Wildman–Crippen LogP) is 8.71. The van der Waals surface area contributed by atoms with E-state index in [-0.39, 0.29) is 11.9 Å². The number of benzene rings is 2. The smallest absolute Gasteiger partial charge is 0.333 e. The molecule has 0 spiro atoms. The third kappa shape index (κ3) is 10.0. The van der Waals surface area contributed by atoms with Gasteiger partial charge in [-0.25, -0.2) is 9.59 Å². The molecule has 0 unspecified atom stereocenters. The average molecular weight is 557 g/mol. The maximum atomic E-state index is 11.6. The highest BCUT2D eigenvalue weighted by Gasteiger charge is 2.30. The van der Waals surface area contributed by atoms with Crippen LogP contribution in [0.4, 0.5) is 0 Å². The number of carbonyl (C=O) groups is 2. The van der Waals surface area contributed by atoms with Gasteiger partial charge in [0.15, 0.2) is 0 Å². The van der Waals surface area contributed by atoms with Crippen LogP contribution in [0, 0.1) is 23.7 Å². The minimum Gasteiger partial charge on any atom is -0.458 e. The quantitative estimate of drug-likeness (QED) is 0.183. The van der Waals surface area contributed by atoms with Crippen molar-refractivity contribution in [1.29, 1.82) is 0 Å². The van der Waals surface area contributed by atoms with Gasteiger partial charge in [0.1, 0.15) is 13.2 Å². The van der Waals surface area contributed by atoms with Gasteiger partial charge in [-0.2, -0.15) is 0 Å². The molecule has 2 saturated carbocycles. The zero-order valence-corrected chi connectivity index (χ0v) is 25.0. The van der Waals surface area contributed by atoms with Crippen molar-refractivity contribution in [3.63, 3.8) is 0 Å². The van der Waals surface area contributed by atoms with E-state index in [1.165, 1.54) is 81.4 Å². The highest BCUT2D eigenvalue weighted by molar-refractivity contribution is 5.86. The van der Waals surface area contributed by atoms with Crippen molar-refractivity contribution in [1.82, 2.24) is 0 Å². The Labute approximate surface area is 247 Å². The van der Waals surface area contributed by atoms with Gasteiger partial charge >= 0.3 is 11.9 Å². The van der Waals surface area contributed by atoms with Crippen LogP contribution in [-0.4, -0.2) is 11.9 Å². The molecular formula is C37H48O4. The summed E-state index contributed by atoms with van der Waals surface area (Å²) in [6.45, 7) is 9.35. The van der Waals surface area contributed by atoms with Gasteiger partial charge in [-0.15, -0.1) is 0 Å². The van der Waals surface area contributed by atoms with Gasteiger partial charge in [0.05, 0.1) is 0 Å². The topological polar surface area (TPSA) is 52.6 Å². The first-order chi connectivity index (χ1) is 19.9. The molecular weight excluding hydrogens is 508 g/mol. The summed E-state index contributed by atoms with van der Waals surface area (Å²) in [6.07, 6.45) is 17.3. The highest BCUT2D eigenvalue weighted by Crippen LogP contribution is 2.43. The van der Waals surface area contributed by atoms with Crippen LogP contribution in [0.1, 0.15) is 93.4 Å². The van der Waals surface area contributed by atoms with Gasteiger partial charge in [0.25, 0.3) is 0 Å². The second kappa shape index (κ2) is 15.7. The van der Waals surface area contributed by atoms with E-state index in [9.17, 15) is 9.59 Å². The van der Waals surface area contributed by atoms with E-state index < -0.39 is 0 Å². The first-order valence-electron chi connectivity index (χ1n) is 15.7. The van der Waals surface area contributed by atoms with Crippen molar-refractivity contribution in [2.75, 3.05) is 0 Å². The monoisotopic (exact) mass is 556 g/mol. The molecule has 0 N–H and O–H groups in total. The maximum absolute atomic E-state index is 11.6. The molecule has 0 amide bonds. The molecule has 41 heavy (non-hydrogen) atoms. The van der Waals surface area contributed by atoms with Crippen molar-refractivity contribution in [3.8, 4) is 0 Å². The van der Waals surface area contributed by atoms with E-state index in [2.05, 4.69) is 61.7 Å². The second-order valence-electron chi connectivity index (χ2n) is 12.4. The Morgan fingerprint density at radius 2 is 1.07 bits per heavy atom. The van der Waals surface area contributed by atoms with Crippen molar-refractivity contribution in [2.24, 2.45) is 23.7 Å². The predicted molar refractivity (Wildman–Crippen MR) is 165 cm³/mol. The van der Waals surface area contributed by atoms with Crippen LogP contribution in [-0.2, 0) is 45.1 Å². The van der Waals surface area contributed by atoms with E-state index >= 15 is 0 Å². The average Bonchev–Trinajstić information content (AvgIpc) is 3.02. The standard InChI is InChI=1S/C37H48O4/c1-4-36(38)40-25-32-13-9-28(10-14-32)5-7-30-17-21-34(22-18-30)35-23-19-31(20-24-35)8-6-29-11-15-33(16-12-29)26-41-37(39)27(2)3/h4,9-16,30-31,34-35H,1-2,5-8,17-26H2,3H3. The number of ether oxygens (including phenoxy) is 2. The fraction of sp³-hybridized carbons (Fsp3) is 0.514. The summed E-state index contributed by atoms with van der Waals surface area (Å²) in [5.41, 5.74) is 5.24. The minimum atomic E-state index is -0.376. The van der Waals surface area contributed by atoms with Crippen LogP contribution in [0.15, 0.2) is 73.3 Å². The number of aryl methyl sites for hydroxylation is 2. The molecule has 2 aromatic rings. The van der Waals surface area contributed by atoms with Crippen molar-refractivity contribution < 1.29 is 19.1 Å². The summed E-state index contributed by atoms with van der Waals surface area (Å²) in [7, 11) is 0. The molecule has 0 radical (unpaired) electrons. The Morgan fingerprint density at radius 3 is 1.46 bits per heavy atom. The largest absolute Gasteiger partial charge is 0.458 e. The van der Waals surface area contributed by atoms with E-state index in [1.54, 1.807) is 6.92 Å². The summed E-state index contributed by atoms with van der Waals surface area (Å²) in [5.74, 6) is 2.90. The molecule has 2 aliphatic carbocycles. The summed E-state index contributed by atoms with van der Waals surface area (Å²) >= 11 is 0. The van der Waals surface area contributed by atoms with Gasteiger partial charge < -0.3 is 9.47 Å². The highest BCUT2D eigenvalue weighted by atomic mass is 16.5. The molecule has 2 aliphatic rings. The van der Waals surface area contributed by atoms with Gasteiger partial charge in [0.2, 0.25) is 0 Å². The van der Waals surface area contributed by atoms with Gasteiger partial charge in [-0.3, -0.25) is 0 Å². The summed E-state index contributed by atoms with van der Waals surface area (Å²) in [4.78, 5) is 22.8. The molecule has 0 atom stereocenters. The lowest BCUT2D eigenvalue weighted by molar-refractivity contribution is -0.140. The Morgan fingerprint density at radius 1 is 0.683 bits per heavy atom. The molecule has 220 valence electrons. The lowest BCUT2D eigenvalue weighted by atomic mass is 9.68. The SMILES string of the molecule is C=CC(=O)OCc1ccc(CCC2CCC(C3CCC(CCc4ccc(COC(=O)C(=C)C)cc4)CC3)CC2)cc1. The van der Waals surface area contributed by atoms with Crippen LogP contribution in [0.2, 0.25) is 0 Å². The lowest BCUT2D eigenvalue weighted by Crippen LogP contribution is -2.26. The second-order valence-corrected chi connectivity index (χ2v) is 12.4. The molecule has 4 heteroatoms. The molecule has 0 aliphatic heterocycles. The van der Waals surface area contributed by atoms with E-state index in [4.69, 9.17) is 9.47 Å². The Hall–Kier alpha value is -3.14. The van der Waals surface area contributed by atoms with Crippen LogP contribution in [0.25, 0.3) is 0 Å². The van der Waals surface area contributed by atoms with E-state index in [0.717, 1.165) is 47.6 Å². The van der Waals surface area contributed by atoms with Crippen LogP contribution < -0.4 is 0 Å². The number of hydrogen-bond acceptors (Lipinski definition) is 4. The molecule has 0 saturated heterocycles. The molecule has 2 aromatic carbocycles. The normalized spacial score (nSPS) is 22.5. The van der Waals surface area contributed by atoms with Gasteiger partial charge in [-0.1, -0.05) is 87.4 Å². The first-order valence-corrected chi connectivity index (χ1v) is 15.7. The molecule has 4 nitrogen and oxygen atoms in total. The van der Waals surface area contributed by atoms with Crippen LogP contribution >= 0.6 is 0 Å². The number of hydrogen-bond donors (Lipinski definition) is 0. The third-order valence-corrected chi connectivity index (χ3v) is 9.44.